The fourth-order valence-electron chi connectivity index (χ4n) is 1.90. The fraction of sp³-hybridized carbons (Fsp3) is 0.143. The Morgan fingerprint density at radius 2 is 2.25 bits per heavy atom. The quantitative estimate of drug-likeness (QED) is 0.741. The molecule has 102 valence electrons. The summed E-state index contributed by atoms with van der Waals surface area (Å²) in [5.41, 5.74) is 1.77. The number of nitrogens with one attached hydrogen (secondary N) is 1. The first-order chi connectivity index (χ1) is 9.76. The lowest BCUT2D eigenvalue weighted by Gasteiger charge is -2.08. The van der Waals surface area contributed by atoms with Crippen LogP contribution < -0.4 is 10.1 Å². The maximum Gasteiger partial charge on any atom is 0.182 e. The van der Waals surface area contributed by atoms with E-state index in [4.69, 9.17) is 16.3 Å². The predicted molar refractivity (Wildman–Crippen MR) is 82.7 cm³/mol. The molecule has 4 nitrogen and oxygen atoms in total. The highest BCUT2D eigenvalue weighted by molar-refractivity contribution is 7.13. The minimum Gasteiger partial charge on any atom is -0.497 e. The average Bonchev–Trinajstić information content (AvgIpc) is 2.97. The van der Waals surface area contributed by atoms with Crippen LogP contribution in [0.25, 0.3) is 10.9 Å². The molecule has 0 saturated carbocycles. The van der Waals surface area contributed by atoms with Crippen molar-refractivity contribution in [3.63, 3.8) is 0 Å². The summed E-state index contributed by atoms with van der Waals surface area (Å²) in [7, 11) is 1.63. The average molecular weight is 306 g/mol. The minimum atomic E-state index is 0.495. The Kier molecular flexibility index (Phi) is 3.71. The zero-order valence-corrected chi connectivity index (χ0v) is 12.3. The Balaban J connectivity index is 1.89. The summed E-state index contributed by atoms with van der Waals surface area (Å²) in [5.74, 6) is 0.773. The van der Waals surface area contributed by atoms with Crippen molar-refractivity contribution in [3.05, 3.63) is 46.6 Å². The largest absolute Gasteiger partial charge is 0.497 e. The maximum absolute atomic E-state index is 6.23. The van der Waals surface area contributed by atoms with E-state index in [-0.39, 0.29) is 0 Å². The van der Waals surface area contributed by atoms with Gasteiger partial charge in [0.05, 0.1) is 12.6 Å². The van der Waals surface area contributed by atoms with Gasteiger partial charge in [-0.1, -0.05) is 11.6 Å². The molecular weight excluding hydrogens is 294 g/mol. The number of nitrogens with zero attached hydrogens (tertiary/aromatic N) is 2. The van der Waals surface area contributed by atoms with Crippen molar-refractivity contribution in [2.45, 2.75) is 6.54 Å². The molecule has 2 heterocycles. The smallest absolute Gasteiger partial charge is 0.182 e. The van der Waals surface area contributed by atoms with Crippen molar-refractivity contribution in [1.82, 2.24) is 9.97 Å². The number of anilines is 1. The summed E-state index contributed by atoms with van der Waals surface area (Å²) in [4.78, 5) is 8.59. The molecule has 1 N–H and O–H groups in total. The van der Waals surface area contributed by atoms with Gasteiger partial charge >= 0.3 is 0 Å². The van der Waals surface area contributed by atoms with Crippen LogP contribution in [0.1, 0.15) is 5.56 Å². The molecule has 0 radical (unpaired) electrons. The molecule has 0 bridgehead atoms. The van der Waals surface area contributed by atoms with E-state index < -0.39 is 0 Å². The van der Waals surface area contributed by atoms with E-state index in [0.717, 1.165) is 27.3 Å². The highest BCUT2D eigenvalue weighted by atomic mass is 35.5. The monoisotopic (exact) mass is 305 g/mol. The summed E-state index contributed by atoms with van der Waals surface area (Å²) < 4.78 is 5.19. The molecule has 0 atom stereocenters. The zero-order chi connectivity index (χ0) is 13.9. The lowest BCUT2D eigenvalue weighted by Crippen LogP contribution is -2.01. The van der Waals surface area contributed by atoms with Gasteiger partial charge in [-0.3, -0.25) is 0 Å². The van der Waals surface area contributed by atoms with E-state index >= 15 is 0 Å². The predicted octanol–water partition coefficient (Wildman–Crippen LogP) is 3.97. The van der Waals surface area contributed by atoms with Crippen LogP contribution in [0.5, 0.6) is 5.75 Å². The van der Waals surface area contributed by atoms with Gasteiger partial charge in [0.25, 0.3) is 0 Å². The van der Waals surface area contributed by atoms with Gasteiger partial charge < -0.3 is 10.1 Å². The number of hydrogen-bond acceptors (Lipinski definition) is 5. The molecule has 0 saturated heterocycles. The summed E-state index contributed by atoms with van der Waals surface area (Å²) in [6.07, 6.45) is 1.76. The molecule has 20 heavy (non-hydrogen) atoms. The maximum atomic E-state index is 6.23. The molecule has 0 aliphatic carbocycles. The Morgan fingerprint density at radius 3 is 3.00 bits per heavy atom. The molecule has 0 spiro atoms. The number of thiazole rings is 1. The third kappa shape index (κ3) is 2.69. The Hall–Kier alpha value is -1.85. The SMILES string of the molecule is COc1ccc2cc(CNc3nccs3)c(Cl)nc2c1. The Labute approximate surface area is 125 Å². The van der Waals surface area contributed by atoms with Crippen LogP contribution in [0.15, 0.2) is 35.8 Å². The van der Waals surface area contributed by atoms with Crippen LogP contribution in [-0.2, 0) is 6.54 Å². The van der Waals surface area contributed by atoms with Crippen molar-refractivity contribution in [1.29, 1.82) is 0 Å². The van der Waals surface area contributed by atoms with Crippen molar-refractivity contribution < 1.29 is 4.74 Å². The van der Waals surface area contributed by atoms with E-state index in [0.29, 0.717) is 11.7 Å². The third-order valence-corrected chi connectivity index (χ3v) is 3.97. The molecule has 3 rings (SSSR count). The van der Waals surface area contributed by atoms with Crippen molar-refractivity contribution >= 4 is 39.0 Å². The van der Waals surface area contributed by atoms with Crippen LogP contribution in [-0.4, -0.2) is 17.1 Å². The van der Waals surface area contributed by atoms with Crippen LogP contribution >= 0.6 is 22.9 Å². The van der Waals surface area contributed by atoms with Crippen LogP contribution in [0.4, 0.5) is 5.13 Å². The third-order valence-electron chi connectivity index (χ3n) is 2.91. The van der Waals surface area contributed by atoms with E-state index in [9.17, 15) is 0 Å². The number of benzene rings is 1. The Bertz CT molecular complexity index is 731. The first-order valence-corrected chi connectivity index (χ1v) is 7.28. The molecule has 0 aliphatic heterocycles. The summed E-state index contributed by atoms with van der Waals surface area (Å²) in [6.45, 7) is 0.599. The fourth-order valence-corrected chi connectivity index (χ4v) is 2.64. The first kappa shape index (κ1) is 13.1. The van der Waals surface area contributed by atoms with Gasteiger partial charge in [-0.05, 0) is 18.2 Å². The van der Waals surface area contributed by atoms with Gasteiger partial charge in [0.2, 0.25) is 0 Å². The van der Waals surface area contributed by atoms with E-state index in [2.05, 4.69) is 15.3 Å². The summed E-state index contributed by atoms with van der Waals surface area (Å²) >= 11 is 7.78. The number of aromatic nitrogens is 2. The summed E-state index contributed by atoms with van der Waals surface area (Å²) in [6, 6.07) is 7.80. The normalized spacial score (nSPS) is 10.7. The van der Waals surface area contributed by atoms with Gasteiger partial charge in [0, 0.05) is 35.1 Å². The molecule has 3 aromatic rings. The van der Waals surface area contributed by atoms with Gasteiger partial charge in [0.15, 0.2) is 5.13 Å². The van der Waals surface area contributed by atoms with Gasteiger partial charge in [-0.25, -0.2) is 9.97 Å². The van der Waals surface area contributed by atoms with Gasteiger partial charge in [0.1, 0.15) is 10.9 Å². The number of hydrogen-bond donors (Lipinski definition) is 1. The van der Waals surface area contributed by atoms with Crippen LogP contribution in [0.2, 0.25) is 5.15 Å². The lowest BCUT2D eigenvalue weighted by molar-refractivity contribution is 0.415. The number of methoxy groups -OCH3 is 1. The highest BCUT2D eigenvalue weighted by Gasteiger charge is 2.06. The van der Waals surface area contributed by atoms with E-state index in [1.54, 1.807) is 24.6 Å². The highest BCUT2D eigenvalue weighted by Crippen LogP contribution is 2.25. The molecule has 0 unspecified atom stereocenters. The van der Waals surface area contributed by atoms with E-state index in [1.807, 2.05) is 29.6 Å². The first-order valence-electron chi connectivity index (χ1n) is 6.03. The topological polar surface area (TPSA) is 47.0 Å². The van der Waals surface area contributed by atoms with E-state index in [1.165, 1.54) is 0 Å². The number of fused-ring (bicyclic) bond motifs is 1. The second kappa shape index (κ2) is 5.64. The molecule has 0 amide bonds. The molecule has 0 aliphatic rings. The molecular formula is C14H12ClN3OS. The second-order valence-electron chi connectivity index (χ2n) is 4.19. The number of ether oxygens (including phenoxy) is 1. The Morgan fingerprint density at radius 1 is 1.35 bits per heavy atom. The van der Waals surface area contributed by atoms with Crippen molar-refractivity contribution in [3.8, 4) is 5.75 Å². The number of pyridine rings is 1. The minimum absolute atomic E-state index is 0.495. The van der Waals surface area contributed by atoms with Gasteiger partial charge in [-0.15, -0.1) is 11.3 Å². The molecule has 6 heteroatoms. The van der Waals surface area contributed by atoms with Crippen LogP contribution in [0.3, 0.4) is 0 Å². The zero-order valence-electron chi connectivity index (χ0n) is 10.8. The van der Waals surface area contributed by atoms with Crippen LogP contribution in [0, 0.1) is 0 Å². The molecule has 2 aromatic heterocycles. The van der Waals surface area contributed by atoms with Crippen molar-refractivity contribution in [2.24, 2.45) is 0 Å². The standard InChI is InChI=1S/C14H12ClN3OS/c1-19-11-3-2-9-6-10(13(15)18-12(9)7-11)8-17-14-16-4-5-20-14/h2-7H,8H2,1H3,(H,16,17). The summed E-state index contributed by atoms with van der Waals surface area (Å²) in [5, 5.41) is 7.55. The van der Waals surface area contributed by atoms with Crippen molar-refractivity contribution in [2.75, 3.05) is 12.4 Å². The molecule has 0 fully saturated rings. The second-order valence-corrected chi connectivity index (χ2v) is 5.44. The number of rotatable bonds is 4. The molecule has 1 aromatic carbocycles. The lowest BCUT2D eigenvalue weighted by atomic mass is 10.1. The van der Waals surface area contributed by atoms with Gasteiger partial charge in [-0.2, -0.15) is 0 Å². The number of halogens is 1.